The van der Waals surface area contributed by atoms with Gasteiger partial charge in [-0.3, -0.25) is 9.69 Å². The molecule has 0 aliphatic rings. The number of fused-ring (bicyclic) bond motifs is 1. The van der Waals surface area contributed by atoms with E-state index in [1.165, 1.54) is 12.1 Å². The molecule has 3 aromatic carbocycles. The molecule has 0 saturated carbocycles. The molecule has 206 valence electrons. The molecule has 40 heavy (non-hydrogen) atoms. The number of pyridine rings is 1. The van der Waals surface area contributed by atoms with Crippen LogP contribution in [0.15, 0.2) is 71.5 Å². The fraction of sp³-hybridized carbons (Fsp3) is 0.267. The highest BCUT2D eigenvalue weighted by molar-refractivity contribution is 5.81. The fourth-order valence-corrected chi connectivity index (χ4v) is 4.75. The van der Waals surface area contributed by atoms with E-state index in [9.17, 15) is 9.18 Å². The maximum absolute atomic E-state index is 13.4. The van der Waals surface area contributed by atoms with Gasteiger partial charge >= 0.3 is 0 Å². The highest BCUT2D eigenvalue weighted by atomic mass is 19.1. The Labute approximate surface area is 231 Å². The third-order valence-corrected chi connectivity index (χ3v) is 6.94. The number of aromatic amines is 1. The number of para-hydroxylation sites is 1. The summed E-state index contributed by atoms with van der Waals surface area (Å²) in [5.74, 6) is 1.68. The molecule has 2 heterocycles. The van der Waals surface area contributed by atoms with Crippen LogP contribution in [-0.2, 0) is 26.1 Å². The third kappa shape index (κ3) is 6.18. The SMILES string of the molecule is COc1ccc(CCN(Cc2cc3cccc(C)c3[nH]c2=O)Cc2nnnn2Cc2ccc(F)cc2)cc1OC. The monoisotopic (exact) mass is 542 g/mol. The predicted molar refractivity (Wildman–Crippen MR) is 150 cm³/mol. The summed E-state index contributed by atoms with van der Waals surface area (Å²) in [7, 11) is 3.22. The molecule has 0 spiro atoms. The minimum Gasteiger partial charge on any atom is -0.493 e. The molecule has 0 bridgehead atoms. The molecule has 5 rings (SSSR count). The van der Waals surface area contributed by atoms with Crippen LogP contribution >= 0.6 is 0 Å². The summed E-state index contributed by atoms with van der Waals surface area (Å²) in [4.78, 5) is 18.3. The number of nitrogens with one attached hydrogen (secondary N) is 1. The van der Waals surface area contributed by atoms with Crippen molar-refractivity contribution in [2.45, 2.75) is 33.0 Å². The van der Waals surface area contributed by atoms with Gasteiger partial charge in [0.15, 0.2) is 17.3 Å². The van der Waals surface area contributed by atoms with Crippen LogP contribution in [0.1, 0.15) is 28.1 Å². The molecule has 10 heteroatoms. The van der Waals surface area contributed by atoms with Gasteiger partial charge in [0.05, 0.1) is 32.8 Å². The second kappa shape index (κ2) is 12.1. The lowest BCUT2D eigenvalue weighted by Crippen LogP contribution is -2.30. The summed E-state index contributed by atoms with van der Waals surface area (Å²) in [5.41, 5.74) is 4.35. The van der Waals surface area contributed by atoms with Crippen LogP contribution in [0.4, 0.5) is 4.39 Å². The standard InChI is InChI=1S/C30H31FN6O3/c1-20-5-4-6-23-16-24(30(38)32-29(20)23)18-36(14-13-21-9-12-26(39-2)27(15-21)40-3)19-28-33-34-35-37(28)17-22-7-10-25(31)11-8-22/h4-12,15-16H,13-14,17-19H2,1-3H3,(H,32,38). The molecule has 0 aliphatic heterocycles. The van der Waals surface area contributed by atoms with E-state index in [0.29, 0.717) is 55.5 Å². The first-order chi connectivity index (χ1) is 19.4. The highest BCUT2D eigenvalue weighted by Gasteiger charge is 2.17. The van der Waals surface area contributed by atoms with Crippen molar-refractivity contribution in [3.8, 4) is 11.5 Å². The van der Waals surface area contributed by atoms with Crippen molar-refractivity contribution in [2.24, 2.45) is 0 Å². The van der Waals surface area contributed by atoms with Crippen LogP contribution in [0.25, 0.3) is 10.9 Å². The van der Waals surface area contributed by atoms with Crippen molar-refractivity contribution in [1.82, 2.24) is 30.1 Å². The van der Waals surface area contributed by atoms with E-state index in [1.54, 1.807) is 31.0 Å². The number of nitrogens with zero attached hydrogens (tertiary/aromatic N) is 5. The molecule has 0 fully saturated rings. The number of ether oxygens (including phenoxy) is 2. The second-order valence-electron chi connectivity index (χ2n) is 9.69. The summed E-state index contributed by atoms with van der Waals surface area (Å²) >= 11 is 0. The maximum Gasteiger partial charge on any atom is 0.252 e. The Bertz CT molecular complexity index is 1660. The minimum absolute atomic E-state index is 0.121. The van der Waals surface area contributed by atoms with Crippen LogP contribution in [0.5, 0.6) is 11.5 Å². The number of hydrogen-bond donors (Lipinski definition) is 1. The van der Waals surface area contributed by atoms with Crippen molar-refractivity contribution < 1.29 is 13.9 Å². The van der Waals surface area contributed by atoms with Crippen LogP contribution in [0.2, 0.25) is 0 Å². The summed E-state index contributed by atoms with van der Waals surface area (Å²) in [6.07, 6.45) is 0.699. The quantitative estimate of drug-likeness (QED) is 0.266. The summed E-state index contributed by atoms with van der Waals surface area (Å²) < 4.78 is 25.9. The van der Waals surface area contributed by atoms with E-state index in [2.05, 4.69) is 25.4 Å². The van der Waals surface area contributed by atoms with Gasteiger partial charge in [-0.2, -0.15) is 0 Å². The number of tetrazole rings is 1. The smallest absolute Gasteiger partial charge is 0.252 e. The van der Waals surface area contributed by atoms with Gasteiger partial charge in [0.1, 0.15) is 5.82 Å². The lowest BCUT2D eigenvalue weighted by molar-refractivity contribution is 0.247. The zero-order chi connectivity index (χ0) is 28.1. The number of H-pyrrole nitrogens is 1. The van der Waals surface area contributed by atoms with Gasteiger partial charge < -0.3 is 14.5 Å². The van der Waals surface area contributed by atoms with Crippen molar-refractivity contribution in [3.05, 3.63) is 111 Å². The number of benzene rings is 3. The molecule has 0 saturated heterocycles. The molecule has 2 aromatic heterocycles. The largest absolute Gasteiger partial charge is 0.493 e. The highest BCUT2D eigenvalue weighted by Crippen LogP contribution is 2.28. The van der Waals surface area contributed by atoms with Crippen molar-refractivity contribution in [1.29, 1.82) is 0 Å². The number of hydrogen-bond acceptors (Lipinski definition) is 7. The van der Waals surface area contributed by atoms with E-state index >= 15 is 0 Å². The normalized spacial score (nSPS) is 11.3. The van der Waals surface area contributed by atoms with Crippen molar-refractivity contribution in [3.63, 3.8) is 0 Å². The maximum atomic E-state index is 13.4. The number of halogens is 1. The topological polar surface area (TPSA) is 98.2 Å². The molecule has 0 radical (unpaired) electrons. The van der Waals surface area contributed by atoms with Gasteiger partial charge in [0.25, 0.3) is 5.56 Å². The Morgan fingerprint density at radius 2 is 1.73 bits per heavy atom. The summed E-state index contributed by atoms with van der Waals surface area (Å²) in [6, 6.07) is 20.0. The summed E-state index contributed by atoms with van der Waals surface area (Å²) in [6.45, 7) is 3.82. The molecular weight excluding hydrogens is 511 g/mol. The van der Waals surface area contributed by atoms with Crippen molar-refractivity contribution in [2.75, 3.05) is 20.8 Å². The number of aromatic nitrogens is 5. The zero-order valence-corrected chi connectivity index (χ0v) is 22.7. The minimum atomic E-state index is -0.294. The molecule has 9 nitrogen and oxygen atoms in total. The van der Waals surface area contributed by atoms with Gasteiger partial charge in [-0.1, -0.05) is 36.4 Å². The zero-order valence-electron chi connectivity index (χ0n) is 22.7. The Balaban J connectivity index is 1.41. The second-order valence-corrected chi connectivity index (χ2v) is 9.69. The molecule has 1 N–H and O–H groups in total. The van der Waals surface area contributed by atoms with Gasteiger partial charge in [-0.05, 0) is 76.2 Å². The lowest BCUT2D eigenvalue weighted by atomic mass is 10.1. The van der Waals surface area contributed by atoms with Crippen molar-refractivity contribution >= 4 is 10.9 Å². The van der Waals surface area contributed by atoms with Gasteiger partial charge in [-0.15, -0.1) is 5.10 Å². The molecule has 0 atom stereocenters. The molecular formula is C30H31FN6O3. The van der Waals surface area contributed by atoms with E-state index in [1.807, 2.05) is 49.4 Å². The van der Waals surface area contributed by atoms with E-state index < -0.39 is 0 Å². The van der Waals surface area contributed by atoms with E-state index in [4.69, 9.17) is 9.47 Å². The van der Waals surface area contributed by atoms with E-state index in [0.717, 1.165) is 27.6 Å². The average Bonchev–Trinajstić information content (AvgIpc) is 3.39. The Morgan fingerprint density at radius 1 is 0.950 bits per heavy atom. The fourth-order valence-electron chi connectivity index (χ4n) is 4.75. The van der Waals surface area contributed by atoms with Gasteiger partial charge in [0, 0.05) is 18.7 Å². The van der Waals surface area contributed by atoms with Crippen LogP contribution in [-0.4, -0.2) is 50.9 Å². The molecule has 5 aromatic rings. The van der Waals surface area contributed by atoms with E-state index in [-0.39, 0.29) is 11.4 Å². The van der Waals surface area contributed by atoms with Crippen LogP contribution < -0.4 is 15.0 Å². The number of aryl methyl sites for hydroxylation is 1. The number of rotatable bonds is 11. The van der Waals surface area contributed by atoms with Gasteiger partial charge in [0.2, 0.25) is 0 Å². The first-order valence-electron chi connectivity index (χ1n) is 13.0. The first-order valence-corrected chi connectivity index (χ1v) is 13.0. The van der Waals surface area contributed by atoms with Gasteiger partial charge in [-0.25, -0.2) is 9.07 Å². The first kappa shape index (κ1) is 27.0. The van der Waals surface area contributed by atoms with Crippen LogP contribution in [0.3, 0.4) is 0 Å². The lowest BCUT2D eigenvalue weighted by Gasteiger charge is -2.22. The predicted octanol–water partition coefficient (Wildman–Crippen LogP) is 4.27. The molecule has 0 amide bonds. The Kier molecular flexibility index (Phi) is 8.16. The Morgan fingerprint density at radius 3 is 2.50 bits per heavy atom. The Hall–Kier alpha value is -4.57. The third-order valence-electron chi connectivity index (χ3n) is 6.94. The molecule has 0 aliphatic carbocycles. The van der Waals surface area contributed by atoms with Crippen LogP contribution in [0, 0.1) is 12.7 Å². The number of methoxy groups -OCH3 is 2. The molecule has 0 unspecified atom stereocenters. The summed E-state index contributed by atoms with van der Waals surface area (Å²) in [5, 5.41) is 13.3. The average molecular weight is 543 g/mol.